The van der Waals surface area contributed by atoms with Crippen molar-refractivity contribution in [1.29, 1.82) is 0 Å². The first-order chi connectivity index (χ1) is 15.9. The van der Waals surface area contributed by atoms with Crippen LogP contribution < -0.4 is 15.5 Å². The number of benzene rings is 2. The van der Waals surface area contributed by atoms with Crippen LogP contribution in [0.1, 0.15) is 27.3 Å². The number of sulfonamides is 1. The highest BCUT2D eigenvalue weighted by Crippen LogP contribution is 2.33. The van der Waals surface area contributed by atoms with Crippen molar-refractivity contribution in [2.75, 3.05) is 13.1 Å². The van der Waals surface area contributed by atoms with Gasteiger partial charge in [0.25, 0.3) is 5.91 Å². The summed E-state index contributed by atoms with van der Waals surface area (Å²) >= 11 is 0. The van der Waals surface area contributed by atoms with Crippen molar-refractivity contribution < 1.29 is 26.4 Å². The Hall–Kier alpha value is -3.51. The number of para-hydroxylation sites is 1. The smallest absolute Gasteiger partial charge is 0.349 e. The Bertz CT molecular complexity index is 1370. The lowest BCUT2D eigenvalue weighted by Crippen LogP contribution is -2.37. The second-order valence-electron chi connectivity index (χ2n) is 7.39. The maximum atomic E-state index is 13.4. The van der Waals surface area contributed by atoms with E-state index in [1.165, 1.54) is 37.3 Å². The van der Waals surface area contributed by atoms with E-state index in [4.69, 9.17) is 0 Å². The predicted molar refractivity (Wildman–Crippen MR) is 118 cm³/mol. The number of hydrogen-bond donors (Lipinski definition) is 2. The summed E-state index contributed by atoms with van der Waals surface area (Å²) in [6, 6.07) is 11.8. The van der Waals surface area contributed by atoms with Crippen LogP contribution in [0.3, 0.4) is 0 Å². The molecule has 8 nitrogen and oxygen atoms in total. The predicted octanol–water partition coefficient (Wildman–Crippen LogP) is 2.58. The normalized spacial score (nSPS) is 11.9. The second kappa shape index (κ2) is 9.77. The van der Waals surface area contributed by atoms with Crippen LogP contribution in [0.4, 0.5) is 13.2 Å². The average Bonchev–Trinajstić information content (AvgIpc) is 2.76. The van der Waals surface area contributed by atoms with Crippen LogP contribution >= 0.6 is 0 Å². The number of carbonyl (C=O) groups is 1. The van der Waals surface area contributed by atoms with E-state index in [0.717, 1.165) is 22.4 Å². The van der Waals surface area contributed by atoms with Crippen LogP contribution in [0, 0.1) is 13.8 Å². The minimum absolute atomic E-state index is 0.0517. The van der Waals surface area contributed by atoms with Crippen LogP contribution in [-0.4, -0.2) is 37.2 Å². The number of rotatable bonds is 7. The zero-order valence-corrected chi connectivity index (χ0v) is 19.0. The molecule has 1 aromatic heterocycles. The maximum absolute atomic E-state index is 13.4. The van der Waals surface area contributed by atoms with E-state index >= 15 is 0 Å². The molecule has 1 amide bonds. The highest BCUT2D eigenvalue weighted by atomic mass is 32.2. The van der Waals surface area contributed by atoms with E-state index in [9.17, 15) is 31.2 Å². The lowest BCUT2D eigenvalue weighted by Gasteiger charge is -2.16. The molecule has 0 spiro atoms. The molecule has 1 heterocycles. The summed E-state index contributed by atoms with van der Waals surface area (Å²) < 4.78 is 68.0. The summed E-state index contributed by atoms with van der Waals surface area (Å²) in [7, 11) is -3.80. The van der Waals surface area contributed by atoms with Gasteiger partial charge in [0, 0.05) is 24.8 Å². The molecule has 0 fully saturated rings. The van der Waals surface area contributed by atoms with Gasteiger partial charge in [0.15, 0.2) is 5.69 Å². The second-order valence-corrected chi connectivity index (χ2v) is 9.16. The summed E-state index contributed by atoms with van der Waals surface area (Å²) in [5, 5.41) is 6.20. The third kappa shape index (κ3) is 5.69. The van der Waals surface area contributed by atoms with Gasteiger partial charge >= 0.3 is 6.18 Å². The van der Waals surface area contributed by atoms with Crippen LogP contribution in [-0.2, 0) is 16.2 Å². The van der Waals surface area contributed by atoms with E-state index in [0.29, 0.717) is 0 Å². The zero-order valence-electron chi connectivity index (χ0n) is 18.2. The number of halogens is 3. The van der Waals surface area contributed by atoms with Gasteiger partial charge in [-0.3, -0.25) is 9.59 Å². The van der Waals surface area contributed by atoms with E-state index in [1.54, 1.807) is 12.1 Å². The van der Waals surface area contributed by atoms with Crippen molar-refractivity contribution in [3.63, 3.8) is 0 Å². The summed E-state index contributed by atoms with van der Waals surface area (Å²) in [4.78, 5) is 24.8. The van der Waals surface area contributed by atoms with E-state index in [2.05, 4.69) is 15.1 Å². The summed E-state index contributed by atoms with van der Waals surface area (Å²) in [5.74, 6) is -0.947. The Morgan fingerprint density at radius 2 is 1.68 bits per heavy atom. The SMILES string of the molecule is Cc1ccc(S(=O)(=O)NCCNC(=O)c2nn(-c3ccccc3C(F)(F)F)c(C)cc2=O)cc1. The molecule has 3 aromatic rings. The molecular weight excluding hydrogens is 473 g/mol. The van der Waals surface area contributed by atoms with Crippen LogP contribution in [0.2, 0.25) is 0 Å². The molecule has 0 aliphatic heterocycles. The fraction of sp³-hybridized carbons (Fsp3) is 0.227. The van der Waals surface area contributed by atoms with E-state index in [1.807, 2.05) is 6.92 Å². The lowest BCUT2D eigenvalue weighted by atomic mass is 10.1. The van der Waals surface area contributed by atoms with Gasteiger partial charge in [0.1, 0.15) is 0 Å². The van der Waals surface area contributed by atoms with Crippen molar-refractivity contribution in [2.45, 2.75) is 24.9 Å². The summed E-state index contributed by atoms with van der Waals surface area (Å²) in [5.41, 5.74) is -1.73. The monoisotopic (exact) mass is 494 g/mol. The number of hydrogen-bond acceptors (Lipinski definition) is 5. The zero-order chi connectivity index (χ0) is 25.1. The van der Waals surface area contributed by atoms with E-state index < -0.39 is 38.8 Å². The Kier molecular flexibility index (Phi) is 7.22. The minimum Gasteiger partial charge on any atom is -0.349 e. The number of carbonyl (C=O) groups excluding carboxylic acids is 1. The van der Waals surface area contributed by atoms with Crippen molar-refractivity contribution >= 4 is 15.9 Å². The first-order valence-electron chi connectivity index (χ1n) is 10.0. The van der Waals surface area contributed by atoms with Crippen LogP contribution in [0.25, 0.3) is 5.69 Å². The fourth-order valence-corrected chi connectivity index (χ4v) is 4.12. The molecule has 0 radical (unpaired) electrons. The molecule has 2 N–H and O–H groups in total. The number of amides is 1. The molecular formula is C22H21F3N4O4S. The van der Waals surface area contributed by atoms with Gasteiger partial charge in [-0.25, -0.2) is 17.8 Å². The van der Waals surface area contributed by atoms with Crippen LogP contribution in [0.15, 0.2) is 64.3 Å². The number of nitrogens with zero attached hydrogens (tertiary/aromatic N) is 2. The molecule has 0 saturated carbocycles. The van der Waals surface area contributed by atoms with Crippen molar-refractivity contribution in [3.8, 4) is 5.69 Å². The summed E-state index contributed by atoms with van der Waals surface area (Å²) in [6.07, 6.45) is -4.68. The molecule has 180 valence electrons. The molecule has 0 saturated heterocycles. The standard InChI is InChI=1S/C22H21F3N4O4S/c1-14-7-9-16(10-8-14)34(32,33)27-12-11-26-21(31)20-19(30)13-15(2)29(28-20)18-6-4-3-5-17(18)22(23,24)25/h3-10,13,27H,11-12H2,1-2H3,(H,26,31). The van der Waals surface area contributed by atoms with E-state index in [-0.39, 0.29) is 29.4 Å². The molecule has 34 heavy (non-hydrogen) atoms. The Labute approximate surface area is 193 Å². The van der Waals surface area contributed by atoms with Gasteiger partial charge in [0.2, 0.25) is 15.5 Å². The number of aromatic nitrogens is 2. The molecule has 2 aromatic carbocycles. The number of alkyl halides is 3. The molecule has 0 atom stereocenters. The third-order valence-corrected chi connectivity index (χ3v) is 6.27. The Balaban J connectivity index is 1.75. The largest absolute Gasteiger partial charge is 0.418 e. The minimum atomic E-state index is -4.68. The van der Waals surface area contributed by atoms with Gasteiger partial charge < -0.3 is 5.32 Å². The van der Waals surface area contributed by atoms with Gasteiger partial charge in [-0.2, -0.15) is 18.3 Å². The van der Waals surface area contributed by atoms with Crippen molar-refractivity contribution in [1.82, 2.24) is 19.8 Å². The third-order valence-electron chi connectivity index (χ3n) is 4.79. The van der Waals surface area contributed by atoms with Crippen molar-refractivity contribution in [2.24, 2.45) is 0 Å². The quantitative estimate of drug-likeness (QED) is 0.491. The maximum Gasteiger partial charge on any atom is 0.418 e. The number of nitrogens with one attached hydrogen (secondary N) is 2. The first-order valence-corrected chi connectivity index (χ1v) is 11.5. The fourth-order valence-electron chi connectivity index (χ4n) is 3.09. The molecule has 12 heteroatoms. The van der Waals surface area contributed by atoms with Crippen LogP contribution in [0.5, 0.6) is 0 Å². The topological polar surface area (TPSA) is 110 Å². The van der Waals surface area contributed by atoms with Gasteiger partial charge in [-0.05, 0) is 38.1 Å². The van der Waals surface area contributed by atoms with Gasteiger partial charge in [-0.1, -0.05) is 29.8 Å². The summed E-state index contributed by atoms with van der Waals surface area (Å²) in [6.45, 7) is 2.84. The molecule has 3 rings (SSSR count). The average molecular weight is 494 g/mol. The highest BCUT2D eigenvalue weighted by Gasteiger charge is 2.34. The number of aryl methyl sites for hydroxylation is 2. The highest BCUT2D eigenvalue weighted by molar-refractivity contribution is 7.89. The van der Waals surface area contributed by atoms with Crippen molar-refractivity contribution in [3.05, 3.63) is 87.3 Å². The Morgan fingerprint density at radius 3 is 2.32 bits per heavy atom. The first kappa shape index (κ1) is 25.1. The lowest BCUT2D eigenvalue weighted by molar-refractivity contribution is -0.137. The van der Waals surface area contributed by atoms with Gasteiger partial charge in [0.05, 0.1) is 16.1 Å². The molecule has 0 unspecified atom stereocenters. The Morgan fingerprint density at radius 1 is 1.03 bits per heavy atom. The molecule has 0 aliphatic rings. The van der Waals surface area contributed by atoms with Gasteiger partial charge in [-0.15, -0.1) is 0 Å². The molecule has 0 aliphatic carbocycles. The molecule has 0 bridgehead atoms.